The van der Waals surface area contributed by atoms with E-state index in [0.717, 1.165) is 0 Å². The Morgan fingerprint density at radius 2 is 2.21 bits per heavy atom. The van der Waals surface area contributed by atoms with Crippen LogP contribution in [-0.4, -0.2) is 55.7 Å². The molecule has 2 aromatic heterocycles. The molecule has 1 atom stereocenters. The third kappa shape index (κ3) is 3.07. The second-order valence-corrected chi connectivity index (χ2v) is 6.08. The van der Waals surface area contributed by atoms with Crippen LogP contribution in [0.5, 0.6) is 0 Å². The molecule has 0 spiro atoms. The van der Waals surface area contributed by atoms with Gasteiger partial charge in [-0.15, -0.1) is 5.10 Å². The summed E-state index contributed by atoms with van der Waals surface area (Å²) in [5.74, 6) is 0.494. The fourth-order valence-electron chi connectivity index (χ4n) is 2.80. The number of nitrogens with zero attached hydrogens (tertiary/aromatic N) is 5. The van der Waals surface area contributed by atoms with Crippen LogP contribution in [0.25, 0.3) is 0 Å². The van der Waals surface area contributed by atoms with Crippen molar-refractivity contribution in [3.8, 4) is 0 Å². The lowest BCUT2D eigenvalue weighted by atomic mass is 10.0. The normalized spacial score (nSPS) is 18.2. The second-order valence-electron chi connectivity index (χ2n) is 6.08. The number of tetrazole rings is 1. The predicted molar refractivity (Wildman–Crippen MR) is 84.5 cm³/mol. The minimum Gasteiger partial charge on any atom is -0.366 e. The van der Waals surface area contributed by atoms with E-state index >= 15 is 0 Å². The van der Waals surface area contributed by atoms with Gasteiger partial charge in [0.1, 0.15) is 6.10 Å². The molecule has 0 aliphatic carbocycles. The fourth-order valence-corrected chi connectivity index (χ4v) is 2.80. The number of aryl methyl sites for hydroxylation is 1. The van der Waals surface area contributed by atoms with Gasteiger partial charge in [-0.2, -0.15) is 0 Å². The molecule has 24 heavy (non-hydrogen) atoms. The van der Waals surface area contributed by atoms with Crippen molar-refractivity contribution in [1.29, 1.82) is 0 Å². The molecular weight excluding hydrogens is 312 g/mol. The molecule has 1 aliphatic heterocycles. The predicted octanol–water partition coefficient (Wildman–Crippen LogP) is 0.235. The topological polar surface area (TPSA) is 106 Å². The van der Waals surface area contributed by atoms with Crippen molar-refractivity contribution in [1.82, 2.24) is 30.1 Å². The van der Waals surface area contributed by atoms with Gasteiger partial charge >= 0.3 is 0 Å². The van der Waals surface area contributed by atoms with Crippen LogP contribution in [0.4, 0.5) is 0 Å². The second kappa shape index (κ2) is 6.52. The molecule has 1 saturated heterocycles. The highest BCUT2D eigenvalue weighted by molar-refractivity contribution is 5.95. The van der Waals surface area contributed by atoms with Crippen molar-refractivity contribution < 1.29 is 9.53 Å². The number of H-pyrrole nitrogens is 1. The summed E-state index contributed by atoms with van der Waals surface area (Å²) in [5, 5.41) is 11.4. The maximum absolute atomic E-state index is 12.9. The van der Waals surface area contributed by atoms with Crippen molar-refractivity contribution in [3.63, 3.8) is 0 Å². The number of hydrogen-bond donors (Lipinski definition) is 1. The highest BCUT2D eigenvalue weighted by atomic mass is 16.5. The summed E-state index contributed by atoms with van der Waals surface area (Å²) in [6, 6.07) is 2.97. The Balaban J connectivity index is 1.85. The molecular formula is C15H20N6O3. The standard InChI is InChI=1S/C15H20N6O3/c1-9(2)13-10(4-5-12(22)16-13)15(23)21-6-7-24-11(8-21)14-17-18-19-20(14)3/h4-5,9,11H,6-8H2,1-3H3,(H,16,22). The van der Waals surface area contributed by atoms with Crippen molar-refractivity contribution in [2.24, 2.45) is 7.05 Å². The van der Waals surface area contributed by atoms with E-state index in [1.165, 1.54) is 10.7 Å². The zero-order valence-corrected chi connectivity index (χ0v) is 13.9. The first-order chi connectivity index (χ1) is 11.5. The van der Waals surface area contributed by atoms with Gasteiger partial charge in [0.25, 0.3) is 5.91 Å². The Kier molecular flexibility index (Phi) is 4.43. The molecule has 0 saturated carbocycles. The molecule has 9 heteroatoms. The average Bonchev–Trinajstić information content (AvgIpc) is 3.00. The van der Waals surface area contributed by atoms with Crippen LogP contribution in [0.3, 0.4) is 0 Å². The number of carbonyl (C=O) groups is 1. The summed E-state index contributed by atoms with van der Waals surface area (Å²) in [6.45, 7) is 5.13. The van der Waals surface area contributed by atoms with E-state index in [1.54, 1.807) is 18.0 Å². The molecule has 0 bridgehead atoms. The Morgan fingerprint density at radius 1 is 1.42 bits per heavy atom. The first-order valence-electron chi connectivity index (χ1n) is 7.83. The number of aromatic nitrogens is 5. The largest absolute Gasteiger partial charge is 0.366 e. The smallest absolute Gasteiger partial charge is 0.255 e. The number of amides is 1. The van der Waals surface area contributed by atoms with E-state index in [1.807, 2.05) is 13.8 Å². The lowest BCUT2D eigenvalue weighted by Crippen LogP contribution is -2.43. The highest BCUT2D eigenvalue weighted by Gasteiger charge is 2.30. The van der Waals surface area contributed by atoms with Crippen molar-refractivity contribution in [2.75, 3.05) is 19.7 Å². The molecule has 1 N–H and O–H groups in total. The van der Waals surface area contributed by atoms with Crippen molar-refractivity contribution in [2.45, 2.75) is 25.9 Å². The van der Waals surface area contributed by atoms with E-state index in [2.05, 4.69) is 20.5 Å². The molecule has 1 aliphatic rings. The van der Waals surface area contributed by atoms with Gasteiger partial charge in [-0.05, 0) is 22.4 Å². The summed E-state index contributed by atoms with van der Waals surface area (Å²) < 4.78 is 7.24. The molecule has 1 unspecified atom stereocenters. The van der Waals surface area contributed by atoms with E-state index in [9.17, 15) is 9.59 Å². The maximum atomic E-state index is 12.9. The first-order valence-corrected chi connectivity index (χ1v) is 7.83. The minimum absolute atomic E-state index is 0.0395. The van der Waals surface area contributed by atoms with Crippen LogP contribution in [0.2, 0.25) is 0 Å². The van der Waals surface area contributed by atoms with Crippen LogP contribution >= 0.6 is 0 Å². The molecule has 1 amide bonds. The number of pyridine rings is 1. The van der Waals surface area contributed by atoms with Gasteiger partial charge in [0.05, 0.1) is 18.7 Å². The third-order valence-corrected chi connectivity index (χ3v) is 4.05. The molecule has 9 nitrogen and oxygen atoms in total. The quantitative estimate of drug-likeness (QED) is 0.863. The Labute approximate surface area is 138 Å². The number of carbonyl (C=O) groups excluding carboxylic acids is 1. The molecule has 2 aromatic rings. The highest BCUT2D eigenvalue weighted by Crippen LogP contribution is 2.23. The summed E-state index contributed by atoms with van der Waals surface area (Å²) >= 11 is 0. The average molecular weight is 332 g/mol. The molecule has 1 fully saturated rings. The van der Waals surface area contributed by atoms with Gasteiger partial charge in [-0.1, -0.05) is 13.8 Å². The van der Waals surface area contributed by atoms with Crippen LogP contribution in [0, 0.1) is 0 Å². The molecule has 0 radical (unpaired) electrons. The van der Waals surface area contributed by atoms with E-state index in [4.69, 9.17) is 4.74 Å². The molecule has 0 aromatic carbocycles. The summed E-state index contributed by atoms with van der Waals surface area (Å²) in [4.78, 5) is 29.0. The van der Waals surface area contributed by atoms with E-state index in [0.29, 0.717) is 36.8 Å². The van der Waals surface area contributed by atoms with Gasteiger partial charge in [-0.3, -0.25) is 9.59 Å². The summed E-state index contributed by atoms with van der Waals surface area (Å²) in [5.41, 5.74) is 0.956. The number of hydrogen-bond acceptors (Lipinski definition) is 6. The monoisotopic (exact) mass is 332 g/mol. The number of aromatic amines is 1. The van der Waals surface area contributed by atoms with E-state index in [-0.39, 0.29) is 23.5 Å². The van der Waals surface area contributed by atoms with Crippen molar-refractivity contribution in [3.05, 3.63) is 39.6 Å². The van der Waals surface area contributed by atoms with Crippen molar-refractivity contribution >= 4 is 5.91 Å². The number of ether oxygens (including phenoxy) is 1. The fraction of sp³-hybridized carbons (Fsp3) is 0.533. The Bertz CT molecular complexity index is 797. The zero-order valence-electron chi connectivity index (χ0n) is 13.9. The van der Waals surface area contributed by atoms with E-state index < -0.39 is 0 Å². The minimum atomic E-state index is -0.368. The van der Waals surface area contributed by atoms with Crippen LogP contribution < -0.4 is 5.56 Å². The van der Waals surface area contributed by atoms with Gasteiger partial charge in [-0.25, -0.2) is 4.68 Å². The number of rotatable bonds is 3. The maximum Gasteiger partial charge on any atom is 0.255 e. The summed E-state index contributed by atoms with van der Waals surface area (Å²) in [7, 11) is 1.73. The molecule has 3 rings (SSSR count). The van der Waals surface area contributed by atoms with Crippen LogP contribution in [0.1, 0.15) is 47.7 Å². The Hall–Kier alpha value is -2.55. The molecule has 3 heterocycles. The third-order valence-electron chi connectivity index (χ3n) is 4.05. The van der Waals surface area contributed by atoms with Gasteiger partial charge in [0, 0.05) is 25.4 Å². The SMILES string of the molecule is CC(C)c1[nH]c(=O)ccc1C(=O)N1CCOC(c2nnnn2C)C1. The zero-order chi connectivity index (χ0) is 17.3. The van der Waals surface area contributed by atoms with Gasteiger partial charge in [0.2, 0.25) is 5.56 Å². The first kappa shape index (κ1) is 16.3. The van der Waals surface area contributed by atoms with Gasteiger partial charge in [0.15, 0.2) is 5.82 Å². The molecule has 128 valence electrons. The number of morpholine rings is 1. The van der Waals surface area contributed by atoms with Crippen LogP contribution in [-0.2, 0) is 11.8 Å². The van der Waals surface area contributed by atoms with Gasteiger partial charge < -0.3 is 14.6 Å². The lowest BCUT2D eigenvalue weighted by Gasteiger charge is -2.32. The summed E-state index contributed by atoms with van der Waals surface area (Å²) in [6.07, 6.45) is -0.368. The number of nitrogens with one attached hydrogen (secondary N) is 1. The Morgan fingerprint density at radius 3 is 2.88 bits per heavy atom. The van der Waals surface area contributed by atoms with Crippen LogP contribution in [0.15, 0.2) is 16.9 Å². The lowest BCUT2D eigenvalue weighted by molar-refractivity contribution is -0.0284.